The number of pyridine rings is 1. The Morgan fingerprint density at radius 2 is 1.88 bits per heavy atom. The number of amides is 1. The van der Waals surface area contributed by atoms with Crippen LogP contribution in [0, 0.1) is 0 Å². The number of nitrogen functional groups attached to an aromatic ring is 1. The summed E-state index contributed by atoms with van der Waals surface area (Å²) in [5.74, 6) is 0.156. The van der Waals surface area contributed by atoms with Crippen LogP contribution in [0.4, 0.5) is 5.82 Å². The SMILES string of the molecule is CC(Oc1cc2cc(C(N)=O)ccc2nc1N)c1cc2c(cnn2CCO[Si](C)(C)C(C)(C)C)cc1-n1cccn1. The molecule has 41 heavy (non-hydrogen) atoms. The van der Waals surface area contributed by atoms with Crippen LogP contribution in [0.3, 0.4) is 0 Å². The zero-order chi connectivity index (χ0) is 29.5. The quantitative estimate of drug-likeness (QED) is 0.219. The third-order valence-electron chi connectivity index (χ3n) is 7.95. The summed E-state index contributed by atoms with van der Waals surface area (Å²) < 4.78 is 16.6. The van der Waals surface area contributed by atoms with Gasteiger partial charge in [0.05, 0.1) is 36.1 Å². The number of fused-ring (bicyclic) bond motifs is 2. The van der Waals surface area contributed by atoms with E-state index >= 15 is 0 Å². The maximum atomic E-state index is 11.7. The van der Waals surface area contributed by atoms with E-state index in [1.165, 1.54) is 0 Å². The van der Waals surface area contributed by atoms with Gasteiger partial charge in [-0.05, 0) is 67.5 Å². The first-order chi connectivity index (χ1) is 19.3. The lowest BCUT2D eigenvalue weighted by molar-refractivity contribution is 0.100. The van der Waals surface area contributed by atoms with Crippen molar-refractivity contribution in [3.63, 3.8) is 0 Å². The molecule has 0 saturated carbocycles. The molecule has 0 bridgehead atoms. The minimum atomic E-state index is -1.87. The zero-order valence-electron chi connectivity index (χ0n) is 24.4. The molecule has 1 unspecified atom stereocenters. The van der Waals surface area contributed by atoms with Gasteiger partial charge in [0.2, 0.25) is 5.91 Å². The van der Waals surface area contributed by atoms with E-state index in [1.807, 2.05) is 34.7 Å². The predicted octanol–water partition coefficient (Wildman–Crippen LogP) is 5.61. The maximum Gasteiger partial charge on any atom is 0.248 e. The van der Waals surface area contributed by atoms with Crippen molar-refractivity contribution in [2.24, 2.45) is 5.73 Å². The summed E-state index contributed by atoms with van der Waals surface area (Å²) in [4.78, 5) is 16.2. The Kier molecular flexibility index (Phi) is 7.35. The first kappa shape index (κ1) is 28.3. The number of aromatic nitrogens is 5. The van der Waals surface area contributed by atoms with Gasteiger partial charge in [0, 0.05) is 34.3 Å². The number of primary amides is 1. The molecule has 3 aromatic heterocycles. The van der Waals surface area contributed by atoms with Gasteiger partial charge in [-0.3, -0.25) is 9.48 Å². The molecule has 0 radical (unpaired) electrons. The second-order valence-corrected chi connectivity index (χ2v) is 16.6. The highest BCUT2D eigenvalue weighted by Gasteiger charge is 2.37. The van der Waals surface area contributed by atoms with E-state index < -0.39 is 20.3 Å². The standard InChI is InChI=1S/C30H37N7O3Si/c1-19(40-27-16-21-14-20(29(32)38)8-9-24(21)35-28(27)31)23-17-25-22(15-26(23)36-11-7-10-33-36)18-34-37(25)12-13-39-41(5,6)30(2,3)4/h7-11,14-19H,12-13H2,1-6H3,(H2,31,35)(H2,32,38). The fourth-order valence-corrected chi connectivity index (χ4v) is 5.56. The Morgan fingerprint density at radius 1 is 1.10 bits per heavy atom. The van der Waals surface area contributed by atoms with Crippen molar-refractivity contribution < 1.29 is 14.0 Å². The number of nitrogens with zero attached hydrogens (tertiary/aromatic N) is 5. The average Bonchev–Trinajstić information content (AvgIpc) is 3.57. The zero-order valence-corrected chi connectivity index (χ0v) is 25.4. The van der Waals surface area contributed by atoms with E-state index in [0.717, 1.165) is 22.2 Å². The highest BCUT2D eigenvalue weighted by molar-refractivity contribution is 6.74. The minimum Gasteiger partial charge on any atom is -0.482 e. The normalized spacial score (nSPS) is 13.1. The summed E-state index contributed by atoms with van der Waals surface area (Å²) in [5.41, 5.74) is 15.5. The van der Waals surface area contributed by atoms with Crippen molar-refractivity contribution in [1.29, 1.82) is 0 Å². The predicted molar refractivity (Wildman–Crippen MR) is 164 cm³/mol. The van der Waals surface area contributed by atoms with E-state index in [0.29, 0.717) is 35.4 Å². The van der Waals surface area contributed by atoms with Crippen LogP contribution in [0.15, 0.2) is 61.1 Å². The van der Waals surface area contributed by atoms with Gasteiger partial charge in [-0.15, -0.1) is 0 Å². The Hall–Kier alpha value is -4.22. The van der Waals surface area contributed by atoms with Crippen LogP contribution < -0.4 is 16.2 Å². The molecule has 3 heterocycles. The van der Waals surface area contributed by atoms with Gasteiger partial charge in [-0.25, -0.2) is 9.67 Å². The van der Waals surface area contributed by atoms with Crippen molar-refractivity contribution in [2.45, 2.75) is 58.5 Å². The number of carbonyl (C=O) groups excluding carboxylic acids is 1. The number of carbonyl (C=O) groups is 1. The first-order valence-corrected chi connectivity index (χ1v) is 16.5. The molecule has 0 aliphatic rings. The fourth-order valence-electron chi connectivity index (χ4n) is 4.52. The van der Waals surface area contributed by atoms with E-state index in [-0.39, 0.29) is 10.9 Å². The molecule has 11 heteroatoms. The number of benzene rings is 2. The average molecular weight is 572 g/mol. The van der Waals surface area contributed by atoms with Crippen LogP contribution in [0.5, 0.6) is 5.75 Å². The topological polar surface area (TPSA) is 136 Å². The number of nitrogens with two attached hydrogens (primary N) is 2. The molecule has 5 rings (SSSR count). The van der Waals surface area contributed by atoms with Crippen LogP contribution in [0.25, 0.3) is 27.5 Å². The molecule has 1 amide bonds. The smallest absolute Gasteiger partial charge is 0.248 e. The lowest BCUT2D eigenvalue weighted by Crippen LogP contribution is -2.41. The molecule has 0 saturated heterocycles. The largest absolute Gasteiger partial charge is 0.482 e. The van der Waals surface area contributed by atoms with Crippen LogP contribution in [0.1, 0.15) is 49.7 Å². The number of hydrogen-bond acceptors (Lipinski definition) is 7. The number of ether oxygens (including phenoxy) is 1. The van der Waals surface area contributed by atoms with Crippen LogP contribution in [-0.4, -0.2) is 45.4 Å². The van der Waals surface area contributed by atoms with Crippen molar-refractivity contribution >= 4 is 41.8 Å². The monoisotopic (exact) mass is 571 g/mol. The molecule has 0 spiro atoms. The molecule has 214 valence electrons. The fraction of sp³-hybridized carbons (Fsp3) is 0.333. The first-order valence-electron chi connectivity index (χ1n) is 13.6. The van der Waals surface area contributed by atoms with Crippen molar-refractivity contribution in [1.82, 2.24) is 24.5 Å². The Bertz CT molecular complexity index is 1720. The van der Waals surface area contributed by atoms with Crippen molar-refractivity contribution in [2.75, 3.05) is 12.3 Å². The molecule has 0 aliphatic carbocycles. The Balaban J connectivity index is 1.49. The molecular weight excluding hydrogens is 534 g/mol. The summed E-state index contributed by atoms with van der Waals surface area (Å²) in [6.45, 7) is 14.4. The number of anilines is 1. The number of hydrogen-bond donors (Lipinski definition) is 2. The molecule has 5 aromatic rings. The van der Waals surface area contributed by atoms with E-state index in [1.54, 1.807) is 30.5 Å². The van der Waals surface area contributed by atoms with Crippen molar-refractivity contribution in [3.05, 3.63) is 72.2 Å². The van der Waals surface area contributed by atoms with Crippen LogP contribution in [-0.2, 0) is 11.0 Å². The molecular formula is C30H37N7O3Si. The van der Waals surface area contributed by atoms with Crippen LogP contribution >= 0.6 is 0 Å². The van der Waals surface area contributed by atoms with Gasteiger partial charge < -0.3 is 20.6 Å². The summed E-state index contributed by atoms with van der Waals surface area (Å²) in [5, 5.41) is 11.0. The molecule has 4 N–H and O–H groups in total. The molecule has 10 nitrogen and oxygen atoms in total. The van der Waals surface area contributed by atoms with Gasteiger partial charge in [0.15, 0.2) is 19.9 Å². The molecule has 0 fully saturated rings. The van der Waals surface area contributed by atoms with Gasteiger partial charge >= 0.3 is 0 Å². The summed E-state index contributed by atoms with van der Waals surface area (Å²) in [6, 6.07) is 12.9. The highest BCUT2D eigenvalue weighted by Crippen LogP contribution is 2.37. The lowest BCUT2D eigenvalue weighted by atomic mass is 10.1. The summed E-state index contributed by atoms with van der Waals surface area (Å²) >= 11 is 0. The maximum absolute atomic E-state index is 11.7. The minimum absolute atomic E-state index is 0.138. The van der Waals surface area contributed by atoms with Gasteiger partial charge in [0.25, 0.3) is 0 Å². The molecule has 1 atom stereocenters. The molecule has 2 aromatic carbocycles. The van der Waals surface area contributed by atoms with E-state index in [9.17, 15) is 4.79 Å². The molecule has 0 aliphatic heterocycles. The van der Waals surface area contributed by atoms with Crippen molar-refractivity contribution in [3.8, 4) is 11.4 Å². The summed E-state index contributed by atoms with van der Waals surface area (Å²) in [6.07, 6.45) is 5.08. The summed E-state index contributed by atoms with van der Waals surface area (Å²) in [7, 11) is -1.87. The van der Waals surface area contributed by atoms with E-state index in [4.69, 9.17) is 20.6 Å². The third-order valence-corrected chi connectivity index (χ3v) is 12.5. The third kappa shape index (κ3) is 5.68. The van der Waals surface area contributed by atoms with Gasteiger partial charge in [-0.2, -0.15) is 10.2 Å². The highest BCUT2D eigenvalue weighted by atomic mass is 28.4. The number of rotatable bonds is 9. The Labute approximate surface area is 240 Å². The second-order valence-electron chi connectivity index (χ2n) is 11.8. The van der Waals surface area contributed by atoms with E-state index in [2.05, 4.69) is 61.2 Å². The van der Waals surface area contributed by atoms with Gasteiger partial charge in [-0.1, -0.05) is 20.8 Å². The van der Waals surface area contributed by atoms with Crippen LogP contribution in [0.2, 0.25) is 18.1 Å². The Morgan fingerprint density at radius 3 is 2.56 bits per heavy atom. The second kappa shape index (κ2) is 10.6. The van der Waals surface area contributed by atoms with Gasteiger partial charge in [0.1, 0.15) is 6.10 Å². The lowest BCUT2D eigenvalue weighted by Gasteiger charge is -2.36.